The number of amides is 1. The molecule has 0 aliphatic rings. The van der Waals surface area contributed by atoms with Crippen molar-refractivity contribution in [2.45, 2.75) is 25.5 Å². The van der Waals surface area contributed by atoms with Crippen LogP contribution in [0.15, 0.2) is 54.6 Å². The van der Waals surface area contributed by atoms with Gasteiger partial charge in [0, 0.05) is 6.42 Å². The smallest absolute Gasteiger partial charge is 0.408 e. The van der Waals surface area contributed by atoms with Gasteiger partial charge >= 0.3 is 12.1 Å². The SMILES string of the molecule is CC(Cc1ccc(O)cc1)(NC(=O)OCc1ccccc1)C(=O)O. The number of carbonyl (C=O) groups excluding carboxylic acids is 1. The van der Waals surface area contributed by atoms with Crippen molar-refractivity contribution in [1.29, 1.82) is 0 Å². The second-order valence-corrected chi connectivity index (χ2v) is 5.67. The van der Waals surface area contributed by atoms with Crippen molar-refractivity contribution >= 4 is 12.1 Å². The lowest BCUT2D eigenvalue weighted by Crippen LogP contribution is -2.53. The standard InChI is InChI=1S/C18H19NO5/c1-18(16(21)22,11-13-7-9-15(20)10-8-13)19-17(23)24-12-14-5-3-2-4-6-14/h2-10,20H,11-12H2,1H3,(H,19,23)(H,21,22). The molecule has 0 aliphatic carbocycles. The van der Waals surface area contributed by atoms with Gasteiger partial charge in [0.15, 0.2) is 0 Å². The Labute approximate surface area is 139 Å². The average Bonchev–Trinajstić information content (AvgIpc) is 2.56. The first kappa shape index (κ1) is 17.3. The number of benzene rings is 2. The van der Waals surface area contributed by atoms with Gasteiger partial charge in [0.2, 0.25) is 0 Å². The van der Waals surface area contributed by atoms with Gasteiger partial charge in [-0.1, -0.05) is 42.5 Å². The average molecular weight is 329 g/mol. The zero-order valence-electron chi connectivity index (χ0n) is 13.2. The zero-order valence-corrected chi connectivity index (χ0v) is 13.2. The molecule has 0 fully saturated rings. The van der Waals surface area contributed by atoms with E-state index >= 15 is 0 Å². The minimum Gasteiger partial charge on any atom is -0.508 e. The molecule has 0 saturated heterocycles. The van der Waals surface area contributed by atoms with Gasteiger partial charge in [0.25, 0.3) is 0 Å². The number of hydrogen-bond acceptors (Lipinski definition) is 4. The van der Waals surface area contributed by atoms with E-state index in [2.05, 4.69) is 5.32 Å². The second kappa shape index (κ2) is 7.50. The van der Waals surface area contributed by atoms with Gasteiger partial charge < -0.3 is 20.3 Å². The van der Waals surface area contributed by atoms with Crippen LogP contribution in [0.5, 0.6) is 5.75 Å². The van der Waals surface area contributed by atoms with Gasteiger partial charge in [-0.25, -0.2) is 9.59 Å². The molecule has 0 aliphatic heterocycles. The Morgan fingerprint density at radius 3 is 2.25 bits per heavy atom. The Hall–Kier alpha value is -3.02. The summed E-state index contributed by atoms with van der Waals surface area (Å²) >= 11 is 0. The van der Waals surface area contributed by atoms with Gasteiger partial charge in [0.1, 0.15) is 17.9 Å². The molecule has 1 amide bonds. The summed E-state index contributed by atoms with van der Waals surface area (Å²) in [7, 11) is 0. The molecule has 0 aromatic heterocycles. The fourth-order valence-corrected chi connectivity index (χ4v) is 2.18. The molecule has 0 radical (unpaired) electrons. The number of aromatic hydroxyl groups is 1. The van der Waals surface area contributed by atoms with Crippen molar-refractivity contribution in [3.8, 4) is 5.75 Å². The maximum Gasteiger partial charge on any atom is 0.408 e. The fraction of sp³-hybridized carbons (Fsp3) is 0.222. The highest BCUT2D eigenvalue weighted by Gasteiger charge is 2.35. The fourth-order valence-electron chi connectivity index (χ4n) is 2.18. The molecule has 2 aromatic rings. The summed E-state index contributed by atoms with van der Waals surface area (Å²) in [5.41, 5.74) is -0.0469. The second-order valence-electron chi connectivity index (χ2n) is 5.67. The molecule has 1 unspecified atom stereocenters. The molecule has 0 spiro atoms. The van der Waals surface area contributed by atoms with Gasteiger partial charge in [-0.3, -0.25) is 0 Å². The number of hydrogen-bond donors (Lipinski definition) is 3. The van der Waals surface area contributed by atoms with E-state index in [1.807, 2.05) is 18.2 Å². The van der Waals surface area contributed by atoms with Crippen LogP contribution < -0.4 is 5.32 Å². The van der Waals surface area contributed by atoms with Crippen LogP contribution in [0.25, 0.3) is 0 Å². The highest BCUT2D eigenvalue weighted by atomic mass is 16.5. The van der Waals surface area contributed by atoms with Gasteiger partial charge in [-0.15, -0.1) is 0 Å². The lowest BCUT2D eigenvalue weighted by atomic mass is 9.93. The topological polar surface area (TPSA) is 95.9 Å². The van der Waals surface area contributed by atoms with Gasteiger partial charge in [-0.2, -0.15) is 0 Å². The number of aliphatic carboxylic acids is 1. The highest BCUT2D eigenvalue weighted by molar-refractivity contribution is 5.84. The molecule has 2 rings (SSSR count). The Bertz CT molecular complexity index is 699. The van der Waals surface area contributed by atoms with Crippen LogP contribution in [-0.4, -0.2) is 27.8 Å². The van der Waals surface area contributed by atoms with E-state index in [0.29, 0.717) is 5.56 Å². The van der Waals surface area contributed by atoms with E-state index < -0.39 is 17.6 Å². The van der Waals surface area contributed by atoms with E-state index in [1.165, 1.54) is 19.1 Å². The van der Waals surface area contributed by atoms with E-state index in [4.69, 9.17) is 4.74 Å². The van der Waals surface area contributed by atoms with Crippen molar-refractivity contribution in [2.24, 2.45) is 0 Å². The maximum absolute atomic E-state index is 11.9. The number of ether oxygens (including phenoxy) is 1. The molecular weight excluding hydrogens is 310 g/mol. The number of carbonyl (C=O) groups is 2. The number of nitrogens with one attached hydrogen (secondary N) is 1. The number of carboxylic acids is 1. The van der Waals surface area contributed by atoms with Crippen LogP contribution in [0, 0.1) is 0 Å². The van der Waals surface area contributed by atoms with Crippen LogP contribution in [0.4, 0.5) is 4.79 Å². The van der Waals surface area contributed by atoms with Crippen LogP contribution in [0.2, 0.25) is 0 Å². The summed E-state index contributed by atoms with van der Waals surface area (Å²) in [6.07, 6.45) is -0.745. The molecule has 6 heteroatoms. The van der Waals surface area contributed by atoms with Crippen molar-refractivity contribution in [3.63, 3.8) is 0 Å². The molecule has 3 N–H and O–H groups in total. The molecule has 0 bridgehead atoms. The molecule has 6 nitrogen and oxygen atoms in total. The predicted octanol–water partition coefficient (Wildman–Crippen LogP) is 2.70. The lowest BCUT2D eigenvalue weighted by Gasteiger charge is -2.26. The molecule has 0 heterocycles. The summed E-state index contributed by atoms with van der Waals surface area (Å²) in [5.74, 6) is -1.08. The summed E-state index contributed by atoms with van der Waals surface area (Å²) in [6, 6.07) is 15.2. The van der Waals surface area contributed by atoms with Crippen molar-refractivity contribution in [2.75, 3.05) is 0 Å². The lowest BCUT2D eigenvalue weighted by molar-refractivity contribution is -0.143. The molecule has 126 valence electrons. The first-order valence-corrected chi connectivity index (χ1v) is 7.39. The van der Waals surface area contributed by atoms with Crippen molar-refractivity contribution in [3.05, 3.63) is 65.7 Å². The summed E-state index contributed by atoms with van der Waals surface area (Å²) < 4.78 is 5.08. The molecular formula is C18H19NO5. The molecule has 2 aromatic carbocycles. The highest BCUT2D eigenvalue weighted by Crippen LogP contribution is 2.17. The van der Waals surface area contributed by atoms with Crippen LogP contribution in [-0.2, 0) is 22.6 Å². The number of carboxylic acid groups (broad SMARTS) is 1. The Morgan fingerprint density at radius 2 is 1.67 bits per heavy atom. The number of alkyl carbamates (subject to hydrolysis) is 1. The van der Waals surface area contributed by atoms with E-state index in [0.717, 1.165) is 5.56 Å². The van der Waals surface area contributed by atoms with Crippen molar-refractivity contribution < 1.29 is 24.5 Å². The number of phenols is 1. The number of rotatable bonds is 6. The third-order valence-electron chi connectivity index (χ3n) is 3.56. The Morgan fingerprint density at radius 1 is 1.04 bits per heavy atom. The minimum atomic E-state index is -1.52. The first-order chi connectivity index (χ1) is 11.4. The minimum absolute atomic E-state index is 0.0571. The van der Waals surface area contributed by atoms with E-state index in [-0.39, 0.29) is 18.8 Å². The molecule has 0 saturated carbocycles. The third kappa shape index (κ3) is 4.74. The largest absolute Gasteiger partial charge is 0.508 e. The normalized spacial score (nSPS) is 12.9. The zero-order chi connectivity index (χ0) is 17.6. The molecule has 1 atom stereocenters. The van der Waals surface area contributed by atoms with Gasteiger partial charge in [0.05, 0.1) is 0 Å². The quantitative estimate of drug-likeness (QED) is 0.757. The van der Waals surface area contributed by atoms with E-state index in [9.17, 15) is 19.8 Å². The molecule has 24 heavy (non-hydrogen) atoms. The Balaban J connectivity index is 1.99. The van der Waals surface area contributed by atoms with Gasteiger partial charge in [-0.05, 0) is 30.2 Å². The van der Waals surface area contributed by atoms with Crippen molar-refractivity contribution in [1.82, 2.24) is 5.32 Å². The van der Waals surface area contributed by atoms with Crippen LogP contribution in [0.3, 0.4) is 0 Å². The first-order valence-electron chi connectivity index (χ1n) is 7.39. The predicted molar refractivity (Wildman–Crippen MR) is 87.6 cm³/mol. The maximum atomic E-state index is 11.9. The Kier molecular flexibility index (Phi) is 5.42. The van der Waals surface area contributed by atoms with Crippen LogP contribution >= 0.6 is 0 Å². The van der Waals surface area contributed by atoms with E-state index in [1.54, 1.807) is 24.3 Å². The summed E-state index contributed by atoms with van der Waals surface area (Å²) in [6.45, 7) is 1.47. The number of phenolic OH excluding ortho intramolecular Hbond substituents is 1. The summed E-state index contributed by atoms with van der Waals surface area (Å²) in [5, 5.41) is 21.1. The summed E-state index contributed by atoms with van der Waals surface area (Å²) in [4.78, 5) is 23.5. The third-order valence-corrected chi connectivity index (χ3v) is 3.56. The van der Waals surface area contributed by atoms with Crippen LogP contribution in [0.1, 0.15) is 18.1 Å². The monoisotopic (exact) mass is 329 g/mol.